The summed E-state index contributed by atoms with van der Waals surface area (Å²) < 4.78 is 7.75. The smallest absolute Gasteiger partial charge is 0.249 e. The second-order valence-electron chi connectivity index (χ2n) is 15.8. The zero-order valence-electron chi connectivity index (χ0n) is 29.9. The number of rotatable bonds is 15. The Bertz CT molecular complexity index is 1770. The Hall–Kier alpha value is -4.68. The first kappa shape index (κ1) is 34.8. The topological polar surface area (TPSA) is 190 Å². The van der Waals surface area contributed by atoms with Gasteiger partial charge in [0.15, 0.2) is 11.8 Å². The minimum Gasteiger partial charge on any atom is -0.508 e. The summed E-state index contributed by atoms with van der Waals surface area (Å²) in [6.45, 7) is 6.30. The first-order valence-corrected chi connectivity index (χ1v) is 18.5. The van der Waals surface area contributed by atoms with Crippen LogP contribution in [-0.2, 0) is 35.4 Å². The number of aromatic hydroxyl groups is 1. The summed E-state index contributed by atoms with van der Waals surface area (Å²) in [4.78, 5) is 44.2. The van der Waals surface area contributed by atoms with Crippen LogP contribution in [0.25, 0.3) is 0 Å². The molecule has 13 heteroatoms. The SMILES string of the molecule is Cc1cc(O)cc(C)c1C[C@H](NC(=O)[C@H](C)CCCn1ccnc1N)C(=O)N[C@@H](Cc1cnc[nH]1)c1nc(CC23CC4CC(CC(C4)C2)C3)no1. The highest BCUT2D eigenvalue weighted by Gasteiger charge is 2.51. The van der Waals surface area contributed by atoms with Crippen molar-refractivity contribution >= 4 is 17.8 Å². The third-order valence-electron chi connectivity index (χ3n) is 11.7. The maximum absolute atomic E-state index is 14.3. The normalized spacial score (nSPS) is 23.9. The molecule has 4 bridgehead atoms. The third-order valence-corrected chi connectivity index (χ3v) is 11.7. The predicted molar refractivity (Wildman–Crippen MR) is 190 cm³/mol. The molecule has 0 spiro atoms. The van der Waals surface area contributed by atoms with Gasteiger partial charge < -0.3 is 35.5 Å². The Morgan fingerprint density at radius 3 is 2.41 bits per heavy atom. The quantitative estimate of drug-likeness (QED) is 0.115. The van der Waals surface area contributed by atoms with Crippen molar-refractivity contribution in [2.45, 2.75) is 110 Å². The highest BCUT2D eigenvalue weighted by Crippen LogP contribution is 2.60. The monoisotopic (exact) mass is 697 g/mol. The lowest BCUT2D eigenvalue weighted by atomic mass is 9.49. The van der Waals surface area contributed by atoms with Crippen molar-refractivity contribution in [2.75, 3.05) is 5.73 Å². The standard InChI is InChI=1S/C38H51N9O4/c1-22(5-4-7-47-8-6-41-37(47)39)34(49)43-31(15-30-23(2)9-29(48)10-24(30)3)35(50)44-32(14-28-20-40-21-42-28)36-45-33(46-51-36)19-38-16-25-11-26(17-38)13-27(12-25)18-38/h6,8-10,20-22,25-27,31-32,48H,4-5,7,11-19H2,1-3H3,(H2,39,41)(H,40,42)(H,43,49)(H,44,50)/t22-,25?,26?,27?,31+,32+,38?/m1/s1. The van der Waals surface area contributed by atoms with Crippen LogP contribution in [0, 0.1) is 42.9 Å². The van der Waals surface area contributed by atoms with Gasteiger partial charge in [0.05, 0.1) is 6.33 Å². The van der Waals surface area contributed by atoms with Gasteiger partial charge in [-0.05, 0) is 117 Å². The highest BCUT2D eigenvalue weighted by atomic mass is 16.5. The van der Waals surface area contributed by atoms with Crippen LogP contribution in [0.5, 0.6) is 5.75 Å². The number of H-pyrrole nitrogens is 1. The van der Waals surface area contributed by atoms with E-state index in [0.717, 1.165) is 53.0 Å². The molecule has 0 unspecified atom stereocenters. The summed E-state index contributed by atoms with van der Waals surface area (Å²) >= 11 is 0. The number of amides is 2. The van der Waals surface area contributed by atoms with Gasteiger partial charge in [0, 0.05) is 56.0 Å². The lowest BCUT2D eigenvalue weighted by Gasteiger charge is -2.56. The summed E-state index contributed by atoms with van der Waals surface area (Å²) in [6.07, 6.45) is 17.3. The maximum atomic E-state index is 14.3. The van der Waals surface area contributed by atoms with Crippen LogP contribution in [0.2, 0.25) is 0 Å². The van der Waals surface area contributed by atoms with E-state index < -0.39 is 12.1 Å². The van der Waals surface area contributed by atoms with Crippen LogP contribution in [0.3, 0.4) is 0 Å². The molecule has 272 valence electrons. The second kappa shape index (κ2) is 14.5. The molecule has 4 aromatic rings. The number of benzene rings is 1. The summed E-state index contributed by atoms with van der Waals surface area (Å²) in [5.41, 5.74) is 9.52. The van der Waals surface area contributed by atoms with Gasteiger partial charge in [-0.2, -0.15) is 4.98 Å². The van der Waals surface area contributed by atoms with Crippen molar-refractivity contribution in [2.24, 2.45) is 29.1 Å². The molecule has 4 aliphatic carbocycles. The number of carbonyl (C=O) groups excluding carboxylic acids is 2. The van der Waals surface area contributed by atoms with Gasteiger partial charge >= 0.3 is 0 Å². The Balaban J connectivity index is 1.08. The molecule has 0 saturated heterocycles. The number of phenols is 1. The van der Waals surface area contributed by atoms with Crippen LogP contribution in [-0.4, -0.2) is 52.6 Å². The molecule has 0 radical (unpaired) electrons. The van der Waals surface area contributed by atoms with Crippen molar-refractivity contribution in [1.29, 1.82) is 0 Å². The van der Waals surface area contributed by atoms with E-state index in [1.165, 1.54) is 38.5 Å². The first-order chi connectivity index (χ1) is 24.5. The zero-order valence-corrected chi connectivity index (χ0v) is 29.9. The molecule has 8 rings (SSSR count). The molecule has 13 nitrogen and oxygen atoms in total. The number of aromatic nitrogens is 6. The lowest BCUT2D eigenvalue weighted by molar-refractivity contribution is -0.131. The minimum absolute atomic E-state index is 0.159. The number of nitrogens with one attached hydrogen (secondary N) is 3. The molecule has 4 aliphatic rings. The van der Waals surface area contributed by atoms with Gasteiger partial charge in [0.25, 0.3) is 0 Å². The average Bonchev–Trinajstić information content (AvgIpc) is 3.84. The molecule has 1 aromatic carbocycles. The van der Waals surface area contributed by atoms with Crippen molar-refractivity contribution in [3.8, 4) is 5.75 Å². The molecule has 4 fully saturated rings. The van der Waals surface area contributed by atoms with Gasteiger partial charge in [-0.15, -0.1) is 0 Å². The summed E-state index contributed by atoms with van der Waals surface area (Å²) in [5, 5.41) is 20.8. The fraction of sp³-hybridized carbons (Fsp3) is 0.579. The number of hydrogen-bond acceptors (Lipinski definition) is 9. The largest absolute Gasteiger partial charge is 0.508 e. The summed E-state index contributed by atoms with van der Waals surface area (Å²) in [5.74, 6) is 3.16. The number of carbonyl (C=O) groups is 2. The number of phenolic OH excluding ortho intramolecular Hbond substituents is 1. The van der Waals surface area contributed by atoms with Crippen molar-refractivity contribution in [3.05, 3.63) is 71.1 Å². The molecule has 6 N–H and O–H groups in total. The molecule has 0 aliphatic heterocycles. The van der Waals surface area contributed by atoms with Crippen LogP contribution in [0.4, 0.5) is 5.95 Å². The predicted octanol–water partition coefficient (Wildman–Crippen LogP) is 4.90. The number of anilines is 1. The Morgan fingerprint density at radius 1 is 1.08 bits per heavy atom. The number of nitrogens with two attached hydrogens (primary N) is 1. The summed E-state index contributed by atoms with van der Waals surface area (Å²) in [7, 11) is 0. The number of nitrogen functional groups attached to an aromatic ring is 1. The van der Waals surface area contributed by atoms with E-state index in [9.17, 15) is 14.7 Å². The molecule has 3 aromatic heterocycles. The maximum Gasteiger partial charge on any atom is 0.249 e. The van der Waals surface area contributed by atoms with E-state index in [4.69, 9.17) is 15.2 Å². The van der Waals surface area contributed by atoms with Gasteiger partial charge in [0.1, 0.15) is 17.8 Å². The number of hydrogen-bond donors (Lipinski definition) is 5. The molecule has 51 heavy (non-hydrogen) atoms. The van der Waals surface area contributed by atoms with E-state index in [1.807, 2.05) is 31.5 Å². The first-order valence-electron chi connectivity index (χ1n) is 18.5. The average molecular weight is 698 g/mol. The van der Waals surface area contributed by atoms with E-state index in [0.29, 0.717) is 37.0 Å². The fourth-order valence-electron chi connectivity index (χ4n) is 9.66. The number of aromatic amines is 1. The van der Waals surface area contributed by atoms with Crippen LogP contribution in [0.15, 0.2) is 41.6 Å². The van der Waals surface area contributed by atoms with Crippen molar-refractivity contribution in [1.82, 2.24) is 40.3 Å². The molecular weight excluding hydrogens is 646 g/mol. The van der Waals surface area contributed by atoms with Crippen molar-refractivity contribution in [3.63, 3.8) is 0 Å². The van der Waals surface area contributed by atoms with Crippen LogP contribution < -0.4 is 16.4 Å². The Kier molecular flexibility index (Phi) is 9.89. The molecule has 2 amide bonds. The van der Waals surface area contributed by atoms with Crippen molar-refractivity contribution < 1.29 is 19.2 Å². The third kappa shape index (κ3) is 7.97. The Labute approximate surface area is 298 Å². The second-order valence-corrected chi connectivity index (χ2v) is 15.8. The van der Waals surface area contributed by atoms with Gasteiger partial charge in [0.2, 0.25) is 17.7 Å². The van der Waals surface area contributed by atoms with E-state index in [2.05, 4.69) is 30.7 Å². The van der Waals surface area contributed by atoms with E-state index >= 15 is 0 Å². The van der Waals surface area contributed by atoms with E-state index in [1.54, 1.807) is 30.9 Å². The van der Waals surface area contributed by atoms with Crippen LogP contribution >= 0.6 is 0 Å². The molecule has 3 atom stereocenters. The van der Waals surface area contributed by atoms with Gasteiger partial charge in [-0.25, -0.2) is 9.97 Å². The molecule has 3 heterocycles. The number of nitrogens with zero attached hydrogens (tertiary/aromatic N) is 5. The minimum atomic E-state index is -0.898. The number of imidazole rings is 2. The molecule has 4 saturated carbocycles. The van der Waals surface area contributed by atoms with Crippen LogP contribution in [0.1, 0.15) is 98.4 Å². The van der Waals surface area contributed by atoms with Gasteiger partial charge in [-0.1, -0.05) is 12.1 Å². The Morgan fingerprint density at radius 2 is 1.78 bits per heavy atom. The molecular formula is C38H51N9O4. The fourth-order valence-corrected chi connectivity index (χ4v) is 9.66. The highest BCUT2D eigenvalue weighted by molar-refractivity contribution is 5.89. The van der Waals surface area contributed by atoms with Gasteiger partial charge in [-0.3, -0.25) is 9.59 Å². The lowest BCUT2D eigenvalue weighted by Crippen LogP contribution is -2.50. The zero-order chi connectivity index (χ0) is 35.7. The van der Waals surface area contributed by atoms with E-state index in [-0.39, 0.29) is 35.3 Å². The summed E-state index contributed by atoms with van der Waals surface area (Å²) in [6, 6.07) is 1.81. The number of aryl methyl sites for hydroxylation is 3.